The number of carbonyl (C=O) groups is 2. The Labute approximate surface area is 220 Å². The third-order valence-electron chi connectivity index (χ3n) is 5.88. The third-order valence-corrected chi connectivity index (χ3v) is 5.88. The summed E-state index contributed by atoms with van der Waals surface area (Å²) >= 11 is 0. The Morgan fingerprint density at radius 2 is 0.711 bits per heavy atom. The SMILES string of the molecule is Nc1ccc(Oc2ccc(C(=O)c3ccccc3C(=O)c3ccc(Oc4ccc(N)cc4)cc3)cc2)cc1. The fourth-order valence-corrected chi connectivity index (χ4v) is 3.88. The van der Waals surface area contributed by atoms with Crippen molar-refractivity contribution in [3.63, 3.8) is 0 Å². The van der Waals surface area contributed by atoms with E-state index in [-0.39, 0.29) is 11.6 Å². The quantitative estimate of drug-likeness (QED) is 0.177. The minimum absolute atomic E-state index is 0.253. The highest BCUT2D eigenvalue weighted by Gasteiger charge is 2.19. The van der Waals surface area contributed by atoms with Crippen molar-refractivity contribution in [2.75, 3.05) is 11.5 Å². The Morgan fingerprint density at radius 1 is 0.421 bits per heavy atom. The monoisotopic (exact) mass is 500 g/mol. The number of hydrogen-bond acceptors (Lipinski definition) is 6. The van der Waals surface area contributed by atoms with Crippen LogP contribution in [0.2, 0.25) is 0 Å². The summed E-state index contributed by atoms with van der Waals surface area (Å²) in [5.41, 5.74) is 14.3. The average molecular weight is 501 g/mol. The Kier molecular flexibility index (Phi) is 6.87. The molecule has 5 aromatic rings. The lowest BCUT2D eigenvalue weighted by atomic mass is 9.93. The van der Waals surface area contributed by atoms with E-state index in [4.69, 9.17) is 20.9 Å². The number of nitrogen functional groups attached to an aromatic ring is 2. The largest absolute Gasteiger partial charge is 0.457 e. The number of rotatable bonds is 8. The molecule has 0 saturated carbocycles. The summed E-state index contributed by atoms with van der Waals surface area (Å²) in [4.78, 5) is 26.7. The second-order valence-electron chi connectivity index (χ2n) is 8.59. The summed E-state index contributed by atoms with van der Waals surface area (Å²) < 4.78 is 11.6. The number of benzene rings is 5. The van der Waals surface area contributed by atoms with Gasteiger partial charge >= 0.3 is 0 Å². The zero-order chi connectivity index (χ0) is 26.5. The minimum Gasteiger partial charge on any atom is -0.457 e. The molecule has 0 spiro atoms. The average Bonchev–Trinajstić information content (AvgIpc) is 2.95. The van der Waals surface area contributed by atoms with Crippen LogP contribution in [-0.2, 0) is 0 Å². The predicted molar refractivity (Wildman–Crippen MR) is 148 cm³/mol. The van der Waals surface area contributed by atoms with E-state index in [1.54, 1.807) is 121 Å². The summed E-state index contributed by atoms with van der Waals surface area (Å²) in [5, 5.41) is 0. The highest BCUT2D eigenvalue weighted by atomic mass is 16.5. The number of nitrogens with two attached hydrogens (primary N) is 2. The van der Waals surface area contributed by atoms with Crippen LogP contribution in [0.3, 0.4) is 0 Å². The molecule has 0 aliphatic heterocycles. The van der Waals surface area contributed by atoms with Gasteiger partial charge in [-0.2, -0.15) is 0 Å². The maximum Gasteiger partial charge on any atom is 0.193 e. The van der Waals surface area contributed by atoms with Gasteiger partial charge in [-0.1, -0.05) is 24.3 Å². The van der Waals surface area contributed by atoms with Gasteiger partial charge in [-0.05, 0) is 97.1 Å². The van der Waals surface area contributed by atoms with Crippen molar-refractivity contribution in [1.82, 2.24) is 0 Å². The Bertz CT molecular complexity index is 1450. The number of hydrogen-bond donors (Lipinski definition) is 2. The van der Waals surface area contributed by atoms with Crippen molar-refractivity contribution in [3.05, 3.63) is 144 Å². The molecule has 6 nitrogen and oxygen atoms in total. The van der Waals surface area contributed by atoms with Crippen molar-refractivity contribution in [3.8, 4) is 23.0 Å². The molecule has 0 bridgehead atoms. The molecule has 0 amide bonds. The molecule has 0 aromatic heterocycles. The van der Waals surface area contributed by atoms with Gasteiger partial charge in [0.1, 0.15) is 23.0 Å². The Hall–Kier alpha value is -5.36. The second kappa shape index (κ2) is 10.7. The molecule has 0 aliphatic carbocycles. The lowest BCUT2D eigenvalue weighted by Gasteiger charge is -2.10. The van der Waals surface area contributed by atoms with Crippen LogP contribution < -0.4 is 20.9 Å². The zero-order valence-electron chi connectivity index (χ0n) is 20.3. The van der Waals surface area contributed by atoms with Crippen LogP contribution in [0.15, 0.2) is 121 Å². The first kappa shape index (κ1) is 24.3. The number of ketones is 2. The lowest BCUT2D eigenvalue weighted by molar-refractivity contribution is 0.100. The molecule has 0 unspecified atom stereocenters. The normalized spacial score (nSPS) is 10.5. The topological polar surface area (TPSA) is 105 Å². The van der Waals surface area contributed by atoms with Crippen molar-refractivity contribution < 1.29 is 19.1 Å². The molecule has 0 atom stereocenters. The molecule has 6 heteroatoms. The van der Waals surface area contributed by atoms with E-state index in [1.165, 1.54) is 0 Å². The fraction of sp³-hybridized carbons (Fsp3) is 0. The molecule has 186 valence electrons. The Balaban J connectivity index is 1.32. The minimum atomic E-state index is -0.253. The van der Waals surface area contributed by atoms with Crippen LogP contribution in [-0.4, -0.2) is 11.6 Å². The molecule has 4 N–H and O–H groups in total. The standard InChI is InChI=1S/C32H24N2O4/c33-23-9-17-27(18-10-23)37-25-13-5-21(6-14-25)31(35)29-3-1-2-4-30(29)32(36)22-7-15-26(16-8-22)38-28-19-11-24(34)12-20-28/h1-20H,33-34H2. The number of anilines is 2. The summed E-state index contributed by atoms with van der Waals surface area (Å²) in [6.07, 6.45) is 0. The van der Waals surface area contributed by atoms with E-state index in [9.17, 15) is 9.59 Å². The highest BCUT2D eigenvalue weighted by Crippen LogP contribution is 2.26. The number of carbonyl (C=O) groups excluding carboxylic acids is 2. The molecule has 0 radical (unpaired) electrons. The molecule has 0 aliphatic rings. The molecule has 5 rings (SSSR count). The van der Waals surface area contributed by atoms with Crippen LogP contribution in [0, 0.1) is 0 Å². The van der Waals surface area contributed by atoms with E-state index in [0.29, 0.717) is 56.6 Å². The van der Waals surface area contributed by atoms with Gasteiger partial charge < -0.3 is 20.9 Å². The lowest BCUT2D eigenvalue weighted by Crippen LogP contribution is -2.11. The van der Waals surface area contributed by atoms with Gasteiger partial charge in [-0.15, -0.1) is 0 Å². The van der Waals surface area contributed by atoms with Crippen LogP contribution in [0.1, 0.15) is 31.8 Å². The van der Waals surface area contributed by atoms with Gasteiger partial charge in [0.2, 0.25) is 0 Å². The van der Waals surface area contributed by atoms with Gasteiger partial charge in [-0.25, -0.2) is 0 Å². The molecule has 5 aromatic carbocycles. The molecule has 0 saturated heterocycles. The molecular weight excluding hydrogens is 476 g/mol. The van der Waals surface area contributed by atoms with Gasteiger partial charge in [0.05, 0.1) is 0 Å². The third kappa shape index (κ3) is 5.55. The van der Waals surface area contributed by atoms with Gasteiger partial charge in [-0.3, -0.25) is 9.59 Å². The van der Waals surface area contributed by atoms with Gasteiger partial charge in [0.15, 0.2) is 11.6 Å². The molecule has 0 fully saturated rings. The Morgan fingerprint density at radius 3 is 1.03 bits per heavy atom. The first-order chi connectivity index (χ1) is 18.5. The van der Waals surface area contributed by atoms with Crippen LogP contribution >= 0.6 is 0 Å². The number of ether oxygens (including phenoxy) is 2. The molecule has 0 heterocycles. The van der Waals surface area contributed by atoms with E-state index in [2.05, 4.69) is 0 Å². The van der Waals surface area contributed by atoms with Gasteiger partial charge in [0.25, 0.3) is 0 Å². The maximum absolute atomic E-state index is 13.4. The maximum atomic E-state index is 13.4. The smallest absolute Gasteiger partial charge is 0.193 e. The zero-order valence-corrected chi connectivity index (χ0v) is 20.3. The first-order valence-corrected chi connectivity index (χ1v) is 11.9. The summed E-state index contributed by atoms with van der Waals surface area (Å²) in [5.74, 6) is 1.93. The molecule has 38 heavy (non-hydrogen) atoms. The van der Waals surface area contributed by atoms with Crippen molar-refractivity contribution >= 4 is 22.9 Å². The van der Waals surface area contributed by atoms with Gasteiger partial charge in [0, 0.05) is 33.6 Å². The summed E-state index contributed by atoms with van der Waals surface area (Å²) in [7, 11) is 0. The highest BCUT2D eigenvalue weighted by molar-refractivity contribution is 6.19. The van der Waals surface area contributed by atoms with Crippen LogP contribution in [0.25, 0.3) is 0 Å². The van der Waals surface area contributed by atoms with Crippen LogP contribution in [0.5, 0.6) is 23.0 Å². The van der Waals surface area contributed by atoms with Crippen molar-refractivity contribution in [2.45, 2.75) is 0 Å². The van der Waals surface area contributed by atoms with E-state index in [0.717, 1.165) is 0 Å². The summed E-state index contributed by atoms with van der Waals surface area (Å²) in [6.45, 7) is 0. The van der Waals surface area contributed by atoms with Crippen molar-refractivity contribution in [1.29, 1.82) is 0 Å². The van der Waals surface area contributed by atoms with Crippen molar-refractivity contribution in [2.24, 2.45) is 0 Å². The van der Waals surface area contributed by atoms with E-state index < -0.39 is 0 Å². The van der Waals surface area contributed by atoms with E-state index in [1.807, 2.05) is 0 Å². The van der Waals surface area contributed by atoms with E-state index >= 15 is 0 Å². The molecular formula is C32H24N2O4. The fourth-order valence-electron chi connectivity index (χ4n) is 3.88. The second-order valence-corrected chi connectivity index (χ2v) is 8.59. The predicted octanol–water partition coefficient (Wildman–Crippen LogP) is 6.90. The van der Waals surface area contributed by atoms with Crippen LogP contribution in [0.4, 0.5) is 11.4 Å². The first-order valence-electron chi connectivity index (χ1n) is 11.9. The summed E-state index contributed by atoms with van der Waals surface area (Å²) in [6, 6.07) is 34.5.